The Bertz CT molecular complexity index is 4120. The molecule has 0 spiro atoms. The van der Waals surface area contributed by atoms with Gasteiger partial charge in [-0.3, -0.25) is 29.0 Å². The Kier molecular flexibility index (Phi) is 17.1. The van der Waals surface area contributed by atoms with Crippen molar-refractivity contribution in [2.24, 2.45) is 10.2 Å². The molecule has 0 atom stereocenters. The molecule has 18 nitrogen and oxygen atoms in total. The summed E-state index contributed by atoms with van der Waals surface area (Å²) in [6.45, 7) is -0.434. The summed E-state index contributed by atoms with van der Waals surface area (Å²) in [5.74, 6) is -3.18. The molecule has 2 aliphatic heterocycles. The molecule has 0 saturated carbocycles. The summed E-state index contributed by atoms with van der Waals surface area (Å²) in [5.41, 5.74) is 10.3. The van der Waals surface area contributed by atoms with Gasteiger partial charge in [0, 0.05) is 32.8 Å². The number of azo groups is 1. The van der Waals surface area contributed by atoms with Crippen molar-refractivity contribution < 1.29 is 147 Å². The predicted octanol–water partition coefficient (Wildman–Crippen LogP) is -0.855. The van der Waals surface area contributed by atoms with Crippen molar-refractivity contribution >= 4 is 105 Å². The molecular weight excluding hydrogens is 1070 g/mol. The van der Waals surface area contributed by atoms with Gasteiger partial charge in [-0.1, -0.05) is 97.1 Å². The second-order valence-electron chi connectivity index (χ2n) is 17.0. The van der Waals surface area contributed by atoms with Crippen molar-refractivity contribution in [1.29, 1.82) is 0 Å². The van der Waals surface area contributed by atoms with E-state index >= 15 is 0 Å². The molecule has 76 heavy (non-hydrogen) atoms. The number of amides is 4. The van der Waals surface area contributed by atoms with Crippen molar-refractivity contribution in [2.45, 2.75) is 27.8 Å². The maximum absolute atomic E-state index is 13.7. The van der Waals surface area contributed by atoms with Crippen LogP contribution in [0.25, 0.3) is 44.8 Å². The third-order valence-corrected chi connectivity index (χ3v) is 14.9. The van der Waals surface area contributed by atoms with Crippen LogP contribution in [0.3, 0.4) is 0 Å². The van der Waals surface area contributed by atoms with Gasteiger partial charge in [-0.05, 0) is 99.4 Å². The third kappa shape index (κ3) is 11.5. The molecule has 0 fully saturated rings. The molecule has 0 radical (unpaired) electrons. The number of carbonyl (C=O) groups is 4. The minimum absolute atomic E-state index is 0. The van der Waals surface area contributed by atoms with Crippen LogP contribution in [0.4, 0.5) is 17.1 Å². The van der Waals surface area contributed by atoms with E-state index in [1.54, 1.807) is 66.7 Å². The van der Waals surface area contributed by atoms with Gasteiger partial charge in [-0.2, -0.15) is 10.2 Å². The van der Waals surface area contributed by atoms with Gasteiger partial charge >= 0.3 is 88.7 Å². The number of rotatable bonds is 12. The fourth-order valence-electron chi connectivity index (χ4n) is 8.75. The number of imide groups is 2. The molecule has 24 heteroatoms. The van der Waals surface area contributed by atoms with Gasteiger partial charge in [0.1, 0.15) is 30.4 Å². The molecule has 4 amide bonds. The number of anilines is 1. The zero-order valence-corrected chi connectivity index (χ0v) is 48.8. The predicted molar refractivity (Wildman–Crippen MR) is 262 cm³/mol. The normalized spacial score (nSPS) is 13.6. The number of hydrogen-bond acceptors (Lipinski definition) is 16. The summed E-state index contributed by atoms with van der Waals surface area (Å²) in [7, 11) is -15.3. The largest absolute Gasteiger partial charge is 1.00 e. The molecule has 8 aromatic carbocycles. The number of carbonyl (C=O) groups excluding carboxylic acids is 4. The van der Waals surface area contributed by atoms with Gasteiger partial charge in [-0.15, -0.1) is 0 Å². The van der Waals surface area contributed by atoms with E-state index in [-0.39, 0.29) is 118 Å². The van der Waals surface area contributed by atoms with Crippen molar-refractivity contribution in [3.05, 3.63) is 190 Å². The molecule has 10 rings (SSSR count). The quantitative estimate of drug-likeness (QED) is 0.0389. The van der Waals surface area contributed by atoms with Gasteiger partial charge in [0.25, 0.3) is 23.6 Å². The first-order chi connectivity index (χ1) is 34.6. The summed E-state index contributed by atoms with van der Waals surface area (Å²) in [4.78, 5) is 53.6. The van der Waals surface area contributed by atoms with Gasteiger partial charge in [0.05, 0.1) is 50.4 Å². The van der Waals surface area contributed by atoms with Crippen LogP contribution in [0.5, 0.6) is 0 Å². The Morgan fingerprint density at radius 1 is 0.461 bits per heavy atom. The fraction of sp³-hybridized carbons (Fsp3) is 0.0385. The first-order valence-corrected chi connectivity index (χ1v) is 25.9. The molecule has 0 aliphatic carbocycles. The Hall–Kier alpha value is -5.57. The maximum Gasteiger partial charge on any atom is 1.00 e. The van der Waals surface area contributed by atoms with Gasteiger partial charge < -0.3 is 19.4 Å². The molecule has 364 valence electrons. The Labute approximate surface area is 500 Å². The molecule has 2 aliphatic rings. The number of nitrogen functional groups attached to an aromatic ring is 1. The molecule has 8 aromatic rings. The van der Waals surface area contributed by atoms with Gasteiger partial charge in [0.2, 0.25) is 0 Å². The van der Waals surface area contributed by atoms with Crippen molar-refractivity contribution in [3.8, 4) is 11.1 Å². The van der Waals surface area contributed by atoms with E-state index in [2.05, 4.69) is 10.2 Å². The molecular formula is C52H32N5Na3O13S3. The van der Waals surface area contributed by atoms with Crippen LogP contribution in [0, 0.1) is 0 Å². The number of nitrogens with two attached hydrogens (primary N) is 1. The fourth-order valence-corrected chi connectivity index (χ4v) is 10.4. The topological polar surface area (TPSA) is 297 Å². The first kappa shape index (κ1) is 58.1. The van der Waals surface area contributed by atoms with E-state index in [0.717, 1.165) is 56.3 Å². The van der Waals surface area contributed by atoms with Crippen molar-refractivity contribution in [1.82, 2.24) is 9.80 Å². The average molecular weight is 1100 g/mol. The summed E-state index contributed by atoms with van der Waals surface area (Å²) in [6, 6.07) is 37.8. The minimum Gasteiger partial charge on any atom is -0.744 e. The summed E-state index contributed by atoms with van der Waals surface area (Å²) < 4.78 is 108. The molecule has 2 heterocycles. The zero-order chi connectivity index (χ0) is 51.7. The van der Waals surface area contributed by atoms with E-state index in [1.807, 2.05) is 60.7 Å². The number of nitrogens with zero attached hydrogens (tertiary/aromatic N) is 4. The number of benzene rings is 8. The second-order valence-corrected chi connectivity index (χ2v) is 21.1. The molecule has 0 saturated heterocycles. The van der Waals surface area contributed by atoms with E-state index in [0.29, 0.717) is 33.3 Å². The van der Waals surface area contributed by atoms with E-state index < -0.39 is 90.9 Å². The third-order valence-electron chi connectivity index (χ3n) is 12.4. The first-order valence-electron chi connectivity index (χ1n) is 21.7. The number of hydrogen-bond donors (Lipinski definition) is 1. The van der Waals surface area contributed by atoms with Crippen LogP contribution in [0.15, 0.2) is 171 Å². The Morgan fingerprint density at radius 2 is 0.868 bits per heavy atom. The van der Waals surface area contributed by atoms with Crippen LogP contribution in [0.2, 0.25) is 0 Å². The Morgan fingerprint density at radius 3 is 1.36 bits per heavy atom. The van der Waals surface area contributed by atoms with Crippen LogP contribution in [-0.2, 0) is 43.4 Å². The van der Waals surface area contributed by atoms with E-state index in [4.69, 9.17) is 5.73 Å². The summed E-state index contributed by atoms with van der Waals surface area (Å²) >= 11 is 0. The van der Waals surface area contributed by atoms with Crippen molar-refractivity contribution in [3.63, 3.8) is 0 Å². The van der Waals surface area contributed by atoms with Crippen LogP contribution >= 0.6 is 0 Å². The SMILES string of the molecule is Nc1c(S(=O)(=O)[O-])cc2c3c(cc(S(=O)(=O)[O-])cc13)C(=O)N(Cc1ccc(N=Nc3ccc(-c4ccc(/C=C/c5ccc(CN6C(=O)c7cccc8cc(S(=O)(=O)[O-])cc(c78)C6=O)cc5)cc4)cc3)cc1)C2=O.[Na+].[Na+].[Na+]. The van der Waals surface area contributed by atoms with Gasteiger partial charge in [-0.25, -0.2) is 25.3 Å². The summed E-state index contributed by atoms with van der Waals surface area (Å²) in [6.07, 6.45) is 3.84. The second kappa shape index (κ2) is 22.4. The molecule has 2 N–H and O–H groups in total. The van der Waals surface area contributed by atoms with E-state index in [9.17, 15) is 58.1 Å². The minimum atomic E-state index is -5.28. The zero-order valence-electron chi connectivity index (χ0n) is 40.3. The van der Waals surface area contributed by atoms with E-state index in [1.165, 1.54) is 6.07 Å². The molecule has 0 unspecified atom stereocenters. The van der Waals surface area contributed by atoms with Crippen LogP contribution in [-0.4, -0.2) is 72.3 Å². The van der Waals surface area contributed by atoms with Crippen LogP contribution < -0.4 is 94.4 Å². The monoisotopic (exact) mass is 1100 g/mol. The van der Waals surface area contributed by atoms with Gasteiger partial charge in [0.15, 0.2) is 0 Å². The summed E-state index contributed by atoms with van der Waals surface area (Å²) in [5, 5.41) is 8.58. The average Bonchev–Trinajstić information content (AvgIpc) is 3.36. The van der Waals surface area contributed by atoms with Crippen LogP contribution in [0.1, 0.15) is 63.7 Å². The molecule has 0 aromatic heterocycles. The Balaban J connectivity index is 0.00000280. The van der Waals surface area contributed by atoms with Crippen molar-refractivity contribution in [2.75, 3.05) is 5.73 Å². The maximum atomic E-state index is 13.7. The molecule has 0 bridgehead atoms. The smallest absolute Gasteiger partial charge is 0.744 e. The standard InChI is InChI=1S/C52H35N5O13S3.3Na/c53-48-41-23-39(72(65,66)67)25-43-47(41)44(26-45(48)73(68,69)70)52(61)57(51(43)60)28-32-12-18-36(19-13-32)54-55-37-20-16-34(17-21-37)33-14-10-30(11-15-33)5-4-29-6-8-31(9-7-29)27-56-49(58)40-3-1-2-35-22-38(71(62,63)64)24-42(46(35)40)50(56)59;;;/h1-26H,27-28,53H2,(H,62,63,64)(H,65,66,67)(H,68,69,70);;;/q;3*+1/p-3/b5-4+,55-54?;;;.